The molecule has 7 nitrogen and oxygen atoms in total. The highest BCUT2D eigenvalue weighted by atomic mass is 32.2. The summed E-state index contributed by atoms with van der Waals surface area (Å²) in [5, 5.41) is 10.4. The number of hydrogen-bond acceptors (Lipinski definition) is 5. The van der Waals surface area contributed by atoms with Gasteiger partial charge in [0.2, 0.25) is 10.0 Å². The third-order valence-corrected chi connectivity index (χ3v) is 6.57. The van der Waals surface area contributed by atoms with E-state index in [1.807, 2.05) is 0 Å². The highest BCUT2D eigenvalue weighted by molar-refractivity contribution is 7.89. The summed E-state index contributed by atoms with van der Waals surface area (Å²) in [6, 6.07) is 6.31. The van der Waals surface area contributed by atoms with Gasteiger partial charge in [-0.1, -0.05) is 26.0 Å². The van der Waals surface area contributed by atoms with Crippen LogP contribution in [-0.2, 0) is 14.8 Å². The van der Waals surface area contributed by atoms with Crippen molar-refractivity contribution in [2.75, 3.05) is 36.8 Å². The monoisotopic (exact) mass is 373 g/mol. The molecule has 2 rings (SSSR count). The average molecular weight is 373 g/mol. The van der Waals surface area contributed by atoms with Crippen LogP contribution in [-0.4, -0.2) is 61.3 Å². The van der Waals surface area contributed by atoms with Gasteiger partial charge in [-0.3, -0.25) is 4.79 Å². The van der Waals surface area contributed by atoms with Crippen molar-refractivity contribution in [1.29, 1.82) is 0 Å². The van der Waals surface area contributed by atoms with Gasteiger partial charge in [0.05, 0.1) is 5.69 Å². The predicted molar refractivity (Wildman–Crippen MR) is 93.0 cm³/mol. The molecule has 1 amide bonds. The van der Waals surface area contributed by atoms with E-state index in [-0.39, 0.29) is 18.9 Å². The van der Waals surface area contributed by atoms with E-state index >= 15 is 0 Å². The first-order chi connectivity index (χ1) is 11.6. The van der Waals surface area contributed by atoms with E-state index in [2.05, 4.69) is 0 Å². The lowest BCUT2D eigenvalue weighted by Crippen LogP contribution is -2.57. The minimum atomic E-state index is -3.88. The summed E-state index contributed by atoms with van der Waals surface area (Å²) in [4.78, 5) is 13.3. The number of amides is 1. The van der Waals surface area contributed by atoms with E-state index in [1.54, 1.807) is 23.1 Å². The second kappa shape index (κ2) is 7.27. The van der Waals surface area contributed by atoms with Gasteiger partial charge in [0.15, 0.2) is 5.60 Å². The number of aliphatic hydroxyl groups is 1. The molecule has 1 saturated heterocycles. The van der Waals surface area contributed by atoms with Crippen LogP contribution in [0.5, 0.6) is 0 Å². The molecule has 0 spiro atoms. The lowest BCUT2D eigenvalue weighted by Gasteiger charge is -2.37. The first kappa shape index (κ1) is 19.6. The van der Waals surface area contributed by atoms with Crippen molar-refractivity contribution in [3.63, 3.8) is 0 Å². The van der Waals surface area contributed by atoms with E-state index in [0.29, 0.717) is 18.8 Å². The molecular formula is C16H24FN3O4S. The van der Waals surface area contributed by atoms with Crippen molar-refractivity contribution in [3.8, 4) is 0 Å². The molecule has 9 heteroatoms. The maximum atomic E-state index is 13.8. The molecule has 3 N–H and O–H groups in total. The van der Waals surface area contributed by atoms with E-state index in [1.165, 1.54) is 24.2 Å². The molecule has 1 unspecified atom stereocenters. The number of hydrogen-bond donors (Lipinski definition) is 2. The van der Waals surface area contributed by atoms with Crippen LogP contribution in [0.3, 0.4) is 0 Å². The maximum Gasteiger partial charge on any atom is 0.250 e. The lowest BCUT2D eigenvalue weighted by molar-refractivity contribution is -0.138. The van der Waals surface area contributed by atoms with Crippen LogP contribution in [0.1, 0.15) is 13.8 Å². The number of anilines is 1. The molecule has 140 valence electrons. The molecule has 1 aromatic rings. The SMILES string of the molecule is CC(C)C(O)(CS(=O)(=O)N1CCN(c2ccccc2F)CC1)C(N)=O. The first-order valence-corrected chi connectivity index (χ1v) is 9.68. The third-order valence-electron chi connectivity index (χ3n) is 4.61. The molecule has 0 bridgehead atoms. The molecule has 0 radical (unpaired) electrons. The van der Waals surface area contributed by atoms with Gasteiger partial charge < -0.3 is 15.7 Å². The van der Waals surface area contributed by atoms with Crippen LogP contribution >= 0.6 is 0 Å². The predicted octanol–water partition coefficient (Wildman–Crippen LogP) is 0.150. The summed E-state index contributed by atoms with van der Waals surface area (Å²) in [6.07, 6.45) is 0. The van der Waals surface area contributed by atoms with Gasteiger partial charge in [-0.15, -0.1) is 0 Å². The second-order valence-corrected chi connectivity index (χ2v) is 8.51. The Bertz CT molecular complexity index is 733. The van der Waals surface area contributed by atoms with Crippen molar-refractivity contribution in [2.24, 2.45) is 11.7 Å². The number of carbonyl (C=O) groups is 1. The summed E-state index contributed by atoms with van der Waals surface area (Å²) in [5.41, 5.74) is 3.50. The Morgan fingerprint density at radius 2 is 1.84 bits per heavy atom. The van der Waals surface area contributed by atoms with Gasteiger partial charge >= 0.3 is 0 Å². The Labute approximate surface area is 147 Å². The van der Waals surface area contributed by atoms with Crippen LogP contribution in [0.25, 0.3) is 0 Å². The Morgan fingerprint density at radius 1 is 1.28 bits per heavy atom. The largest absolute Gasteiger partial charge is 0.379 e. The molecule has 1 aliphatic heterocycles. The van der Waals surface area contributed by atoms with Gasteiger partial charge in [-0.25, -0.2) is 12.8 Å². The number of nitrogens with two attached hydrogens (primary N) is 1. The summed E-state index contributed by atoms with van der Waals surface area (Å²) in [5.74, 6) is -2.82. The van der Waals surface area contributed by atoms with Crippen LogP contribution in [0.15, 0.2) is 24.3 Å². The molecule has 0 aromatic heterocycles. The van der Waals surface area contributed by atoms with E-state index in [0.717, 1.165) is 0 Å². The Kier molecular flexibility index (Phi) is 5.70. The van der Waals surface area contributed by atoms with Gasteiger partial charge in [0.1, 0.15) is 11.6 Å². The zero-order chi connectivity index (χ0) is 18.8. The molecule has 1 heterocycles. The van der Waals surface area contributed by atoms with Crippen molar-refractivity contribution in [1.82, 2.24) is 4.31 Å². The third kappa shape index (κ3) is 4.10. The summed E-state index contributed by atoms with van der Waals surface area (Å²) < 4.78 is 40.2. The highest BCUT2D eigenvalue weighted by Gasteiger charge is 2.44. The van der Waals surface area contributed by atoms with Gasteiger partial charge in [-0.2, -0.15) is 4.31 Å². The number of benzene rings is 1. The first-order valence-electron chi connectivity index (χ1n) is 8.07. The minimum absolute atomic E-state index is 0.142. The molecule has 0 aliphatic carbocycles. The van der Waals surface area contributed by atoms with E-state index < -0.39 is 33.2 Å². The van der Waals surface area contributed by atoms with E-state index in [9.17, 15) is 22.7 Å². The van der Waals surface area contributed by atoms with Crippen molar-refractivity contribution < 1.29 is 22.7 Å². The van der Waals surface area contributed by atoms with Crippen molar-refractivity contribution in [2.45, 2.75) is 19.4 Å². The Balaban J connectivity index is 2.09. The fourth-order valence-corrected chi connectivity index (χ4v) is 4.74. The van der Waals surface area contributed by atoms with Crippen molar-refractivity contribution >= 4 is 21.6 Å². The fourth-order valence-electron chi connectivity index (χ4n) is 2.81. The zero-order valence-corrected chi connectivity index (χ0v) is 15.2. The average Bonchev–Trinajstić information content (AvgIpc) is 2.54. The number of piperazine rings is 1. The van der Waals surface area contributed by atoms with Crippen LogP contribution in [0.2, 0.25) is 0 Å². The summed E-state index contributed by atoms with van der Waals surface area (Å²) in [6.45, 7) is 3.99. The second-order valence-electron chi connectivity index (χ2n) is 6.54. The Morgan fingerprint density at radius 3 is 2.32 bits per heavy atom. The maximum absolute atomic E-state index is 13.8. The standard InChI is InChI=1S/C16H24FN3O4S/c1-12(2)16(22,15(18)21)11-25(23,24)20-9-7-19(8-10-20)14-6-4-3-5-13(14)17/h3-6,12,22H,7-11H2,1-2H3,(H2,18,21). The van der Waals surface area contributed by atoms with Crippen LogP contribution in [0, 0.1) is 11.7 Å². The summed E-state index contributed by atoms with van der Waals surface area (Å²) >= 11 is 0. The lowest BCUT2D eigenvalue weighted by atomic mass is 9.92. The molecule has 1 atom stereocenters. The molecule has 1 aliphatic rings. The fraction of sp³-hybridized carbons (Fsp3) is 0.562. The van der Waals surface area contributed by atoms with Crippen LogP contribution < -0.4 is 10.6 Å². The van der Waals surface area contributed by atoms with Gasteiger partial charge in [0.25, 0.3) is 5.91 Å². The number of sulfonamides is 1. The number of carbonyl (C=O) groups excluding carboxylic acids is 1. The molecule has 1 aromatic carbocycles. The molecule has 25 heavy (non-hydrogen) atoms. The van der Waals surface area contributed by atoms with Crippen molar-refractivity contribution in [3.05, 3.63) is 30.1 Å². The quantitative estimate of drug-likeness (QED) is 0.739. The Hall–Kier alpha value is -1.71. The highest BCUT2D eigenvalue weighted by Crippen LogP contribution is 2.24. The van der Waals surface area contributed by atoms with E-state index in [4.69, 9.17) is 5.73 Å². The van der Waals surface area contributed by atoms with Crippen LogP contribution in [0.4, 0.5) is 10.1 Å². The number of nitrogens with zero attached hydrogens (tertiary/aromatic N) is 2. The van der Waals surface area contributed by atoms with Gasteiger partial charge in [0, 0.05) is 26.2 Å². The summed E-state index contributed by atoms with van der Waals surface area (Å²) in [7, 11) is -3.88. The number of rotatable bonds is 6. The zero-order valence-electron chi connectivity index (χ0n) is 14.4. The number of primary amides is 1. The minimum Gasteiger partial charge on any atom is -0.379 e. The number of halogens is 1. The normalized spacial score (nSPS) is 19.0. The van der Waals surface area contributed by atoms with Gasteiger partial charge in [-0.05, 0) is 18.1 Å². The topological polar surface area (TPSA) is 104 Å². The molecular weight excluding hydrogens is 349 g/mol. The molecule has 1 fully saturated rings. The number of para-hydroxylation sites is 1. The smallest absolute Gasteiger partial charge is 0.250 e. The molecule has 0 saturated carbocycles.